The molecule has 3 nitrogen and oxygen atoms in total. The van der Waals surface area contributed by atoms with E-state index in [1.54, 1.807) is 0 Å². The van der Waals surface area contributed by atoms with E-state index < -0.39 is 0 Å². The lowest BCUT2D eigenvalue weighted by Gasteiger charge is -2.12. The molecule has 2 rings (SSSR count). The first-order chi connectivity index (χ1) is 8.47. The molecule has 0 aliphatic heterocycles. The van der Waals surface area contributed by atoms with Gasteiger partial charge in [-0.3, -0.25) is 4.68 Å². The number of aryl methyl sites for hydroxylation is 2. The standard InChI is InChI=1S/C12H15Cl2N3S/c1-7-9(6-17(3)16-7)5-15-8(2)10-4-11(13)18-12(10)14/h4,6,8,15H,5H2,1-3H3. The number of thiophene rings is 1. The molecule has 0 radical (unpaired) electrons. The molecule has 1 N–H and O–H groups in total. The largest absolute Gasteiger partial charge is 0.306 e. The van der Waals surface area contributed by atoms with Crippen molar-refractivity contribution in [2.75, 3.05) is 0 Å². The Balaban J connectivity index is 2.02. The summed E-state index contributed by atoms with van der Waals surface area (Å²) in [5.74, 6) is 0. The molecule has 0 bridgehead atoms. The summed E-state index contributed by atoms with van der Waals surface area (Å²) in [6, 6.07) is 2.09. The van der Waals surface area contributed by atoms with Crippen molar-refractivity contribution in [1.82, 2.24) is 15.1 Å². The highest BCUT2D eigenvalue weighted by atomic mass is 35.5. The Morgan fingerprint density at radius 3 is 2.72 bits per heavy atom. The van der Waals surface area contributed by atoms with Gasteiger partial charge in [0.2, 0.25) is 0 Å². The third kappa shape index (κ3) is 3.06. The average molecular weight is 304 g/mol. The second kappa shape index (κ2) is 5.61. The van der Waals surface area contributed by atoms with Crippen LogP contribution < -0.4 is 5.32 Å². The summed E-state index contributed by atoms with van der Waals surface area (Å²) in [5.41, 5.74) is 3.29. The van der Waals surface area contributed by atoms with Crippen molar-refractivity contribution >= 4 is 34.5 Å². The highest BCUT2D eigenvalue weighted by Gasteiger charge is 2.13. The second-order valence-electron chi connectivity index (χ2n) is 4.30. The van der Waals surface area contributed by atoms with Gasteiger partial charge in [0.05, 0.1) is 14.4 Å². The zero-order chi connectivity index (χ0) is 13.3. The minimum atomic E-state index is 0.167. The molecular weight excluding hydrogens is 289 g/mol. The zero-order valence-electron chi connectivity index (χ0n) is 10.5. The van der Waals surface area contributed by atoms with E-state index in [-0.39, 0.29) is 6.04 Å². The Morgan fingerprint density at radius 2 is 2.22 bits per heavy atom. The molecule has 18 heavy (non-hydrogen) atoms. The van der Waals surface area contributed by atoms with Crippen molar-refractivity contribution in [1.29, 1.82) is 0 Å². The fraction of sp³-hybridized carbons (Fsp3) is 0.417. The number of rotatable bonds is 4. The molecule has 0 spiro atoms. The summed E-state index contributed by atoms with van der Waals surface area (Å²) in [4.78, 5) is 0. The highest BCUT2D eigenvalue weighted by molar-refractivity contribution is 7.20. The molecule has 0 saturated carbocycles. The molecule has 1 atom stereocenters. The van der Waals surface area contributed by atoms with Crippen LogP contribution in [0.25, 0.3) is 0 Å². The monoisotopic (exact) mass is 303 g/mol. The predicted molar refractivity (Wildman–Crippen MR) is 77.5 cm³/mol. The van der Waals surface area contributed by atoms with Gasteiger partial charge in [-0.2, -0.15) is 5.10 Å². The van der Waals surface area contributed by atoms with E-state index in [9.17, 15) is 0 Å². The van der Waals surface area contributed by atoms with E-state index in [0.29, 0.717) is 0 Å². The molecule has 0 saturated heterocycles. The van der Waals surface area contributed by atoms with Crippen LogP contribution in [0.1, 0.15) is 29.8 Å². The average Bonchev–Trinajstić information content (AvgIpc) is 2.78. The zero-order valence-corrected chi connectivity index (χ0v) is 12.8. The number of halogens is 2. The number of hydrogen-bond donors (Lipinski definition) is 1. The van der Waals surface area contributed by atoms with E-state index in [1.165, 1.54) is 16.9 Å². The van der Waals surface area contributed by atoms with E-state index in [2.05, 4.69) is 17.3 Å². The molecule has 98 valence electrons. The van der Waals surface area contributed by atoms with Crippen LogP contribution >= 0.6 is 34.5 Å². The highest BCUT2D eigenvalue weighted by Crippen LogP contribution is 2.34. The van der Waals surface area contributed by atoms with Gasteiger partial charge in [0.15, 0.2) is 0 Å². The summed E-state index contributed by atoms with van der Waals surface area (Å²) in [5, 5.41) is 7.75. The van der Waals surface area contributed by atoms with E-state index in [4.69, 9.17) is 23.2 Å². The van der Waals surface area contributed by atoms with Gasteiger partial charge in [-0.25, -0.2) is 0 Å². The van der Waals surface area contributed by atoms with Gasteiger partial charge < -0.3 is 5.32 Å². The maximum absolute atomic E-state index is 6.13. The van der Waals surface area contributed by atoms with Gasteiger partial charge in [0, 0.05) is 31.4 Å². The summed E-state index contributed by atoms with van der Waals surface area (Å²) < 4.78 is 3.30. The van der Waals surface area contributed by atoms with Crippen LogP contribution in [0.3, 0.4) is 0 Å². The number of hydrogen-bond acceptors (Lipinski definition) is 3. The van der Waals surface area contributed by atoms with Crippen molar-refractivity contribution in [2.45, 2.75) is 26.4 Å². The minimum Gasteiger partial charge on any atom is -0.306 e. The van der Waals surface area contributed by atoms with Crippen molar-refractivity contribution in [2.24, 2.45) is 7.05 Å². The van der Waals surface area contributed by atoms with Crippen LogP contribution in [0.15, 0.2) is 12.3 Å². The molecule has 2 aromatic rings. The lowest BCUT2D eigenvalue weighted by Crippen LogP contribution is -2.18. The summed E-state index contributed by atoms with van der Waals surface area (Å²) >= 11 is 13.5. The lowest BCUT2D eigenvalue weighted by molar-refractivity contribution is 0.575. The van der Waals surface area contributed by atoms with E-state index in [0.717, 1.165) is 26.5 Å². The first-order valence-corrected chi connectivity index (χ1v) is 7.22. The third-order valence-electron chi connectivity index (χ3n) is 2.86. The van der Waals surface area contributed by atoms with Gasteiger partial charge in [0.1, 0.15) is 0 Å². The van der Waals surface area contributed by atoms with Crippen LogP contribution in [0.4, 0.5) is 0 Å². The van der Waals surface area contributed by atoms with Gasteiger partial charge in [-0.1, -0.05) is 23.2 Å². The Bertz CT molecular complexity index is 548. The Kier molecular flexibility index (Phi) is 4.33. The van der Waals surface area contributed by atoms with Crippen LogP contribution in [0, 0.1) is 6.92 Å². The molecular formula is C12H15Cl2N3S. The molecule has 0 aliphatic carbocycles. The maximum atomic E-state index is 6.13. The fourth-order valence-electron chi connectivity index (χ4n) is 1.84. The van der Waals surface area contributed by atoms with Crippen LogP contribution in [-0.4, -0.2) is 9.78 Å². The molecule has 2 aromatic heterocycles. The maximum Gasteiger partial charge on any atom is 0.0991 e. The van der Waals surface area contributed by atoms with Crippen LogP contribution in [0.2, 0.25) is 8.67 Å². The predicted octanol–water partition coefficient (Wildman–Crippen LogP) is 3.95. The first kappa shape index (κ1) is 13.9. The second-order valence-corrected chi connectivity index (χ2v) is 6.58. The topological polar surface area (TPSA) is 29.9 Å². The van der Waals surface area contributed by atoms with Gasteiger partial charge in [-0.15, -0.1) is 11.3 Å². The lowest BCUT2D eigenvalue weighted by atomic mass is 10.1. The number of nitrogens with zero attached hydrogens (tertiary/aromatic N) is 2. The van der Waals surface area contributed by atoms with Crippen molar-refractivity contribution in [3.05, 3.63) is 37.8 Å². The van der Waals surface area contributed by atoms with Gasteiger partial charge in [-0.05, 0) is 25.5 Å². The quantitative estimate of drug-likeness (QED) is 0.927. The summed E-state index contributed by atoms with van der Waals surface area (Å²) in [6.07, 6.45) is 2.03. The Labute approximate surface area is 121 Å². The SMILES string of the molecule is Cc1nn(C)cc1CNC(C)c1cc(Cl)sc1Cl. The van der Waals surface area contributed by atoms with Gasteiger partial charge in [0.25, 0.3) is 0 Å². The third-order valence-corrected chi connectivity index (χ3v) is 4.38. The molecule has 0 aromatic carbocycles. The minimum absolute atomic E-state index is 0.167. The molecule has 2 heterocycles. The number of nitrogens with one attached hydrogen (secondary N) is 1. The molecule has 0 fully saturated rings. The smallest absolute Gasteiger partial charge is 0.0991 e. The fourth-order valence-corrected chi connectivity index (χ4v) is 3.49. The molecule has 1 unspecified atom stereocenters. The van der Waals surface area contributed by atoms with Crippen molar-refractivity contribution in [3.8, 4) is 0 Å². The Hall–Kier alpha value is -0.550. The van der Waals surface area contributed by atoms with Gasteiger partial charge >= 0.3 is 0 Å². The Morgan fingerprint density at radius 1 is 1.50 bits per heavy atom. The van der Waals surface area contributed by atoms with E-state index >= 15 is 0 Å². The van der Waals surface area contributed by atoms with E-state index in [1.807, 2.05) is 30.9 Å². The number of aromatic nitrogens is 2. The first-order valence-electron chi connectivity index (χ1n) is 5.64. The van der Waals surface area contributed by atoms with Crippen molar-refractivity contribution in [3.63, 3.8) is 0 Å². The summed E-state index contributed by atoms with van der Waals surface area (Å²) in [6.45, 7) is 4.86. The molecule has 0 amide bonds. The van der Waals surface area contributed by atoms with Crippen LogP contribution in [0.5, 0.6) is 0 Å². The van der Waals surface area contributed by atoms with Crippen LogP contribution in [-0.2, 0) is 13.6 Å². The molecule has 6 heteroatoms. The summed E-state index contributed by atoms with van der Waals surface area (Å²) in [7, 11) is 1.93. The van der Waals surface area contributed by atoms with Crippen molar-refractivity contribution < 1.29 is 0 Å². The normalized spacial score (nSPS) is 12.9. The molecule has 0 aliphatic rings.